The summed E-state index contributed by atoms with van der Waals surface area (Å²) in [6, 6.07) is 7.21. The predicted octanol–water partition coefficient (Wildman–Crippen LogP) is 4.91. The van der Waals surface area contributed by atoms with Crippen LogP contribution in [0.4, 0.5) is 0 Å². The lowest BCUT2D eigenvalue weighted by atomic mass is 10.1. The van der Waals surface area contributed by atoms with Crippen molar-refractivity contribution in [2.75, 3.05) is 25.0 Å². The van der Waals surface area contributed by atoms with E-state index < -0.39 is 23.1 Å². The van der Waals surface area contributed by atoms with Crippen LogP contribution in [0.3, 0.4) is 0 Å². The number of hydrogen-bond donors (Lipinski definition) is 1. The van der Waals surface area contributed by atoms with E-state index in [1.165, 1.54) is 0 Å². The van der Waals surface area contributed by atoms with Crippen molar-refractivity contribution in [3.8, 4) is 0 Å². The van der Waals surface area contributed by atoms with E-state index in [0.717, 1.165) is 5.52 Å². The summed E-state index contributed by atoms with van der Waals surface area (Å²) in [5.41, 5.74) is 0.0403. The summed E-state index contributed by atoms with van der Waals surface area (Å²) in [7, 11) is -3.94. The van der Waals surface area contributed by atoms with E-state index in [1.54, 1.807) is 18.3 Å². The highest BCUT2D eigenvalue weighted by molar-refractivity contribution is 9.09. The van der Waals surface area contributed by atoms with Crippen LogP contribution in [-0.4, -0.2) is 39.8 Å². The fourth-order valence-electron chi connectivity index (χ4n) is 2.44. The first-order chi connectivity index (χ1) is 11.9. The van der Waals surface area contributed by atoms with Gasteiger partial charge in [0, 0.05) is 39.3 Å². The Balaban J connectivity index is 2.57. The summed E-state index contributed by atoms with van der Waals surface area (Å²) in [6.07, 6.45) is 1.58. The van der Waals surface area contributed by atoms with E-state index in [2.05, 4.69) is 20.9 Å². The van der Waals surface area contributed by atoms with Gasteiger partial charge in [-0.25, -0.2) is 0 Å². The van der Waals surface area contributed by atoms with Crippen molar-refractivity contribution in [1.82, 2.24) is 4.98 Å². The number of hydrogen-bond acceptors (Lipinski definition) is 5. The first kappa shape index (κ1) is 20.7. The number of aromatic amines is 1. The molecule has 0 aliphatic carbocycles. The average Bonchev–Trinajstić information content (AvgIpc) is 3.02. The quantitative estimate of drug-likeness (QED) is 0.174. The molecule has 0 aliphatic heterocycles. The second-order valence-electron chi connectivity index (χ2n) is 4.98. The van der Waals surface area contributed by atoms with Gasteiger partial charge >= 0.3 is 7.60 Å². The topological polar surface area (TPSA) is 94.5 Å². The van der Waals surface area contributed by atoms with Crippen molar-refractivity contribution in [2.45, 2.75) is 10.6 Å². The molecule has 2 aromatic rings. The molecule has 1 aromatic carbocycles. The van der Waals surface area contributed by atoms with Gasteiger partial charge in [0.2, 0.25) is 0 Å². The van der Waals surface area contributed by atoms with Crippen LogP contribution in [0.25, 0.3) is 10.9 Å². The maximum Gasteiger partial charge on any atom is 0.346 e. The molecule has 0 aliphatic rings. The van der Waals surface area contributed by atoms with Gasteiger partial charge in [-0.3, -0.25) is 14.7 Å². The van der Waals surface area contributed by atoms with Crippen LogP contribution in [0, 0.1) is 10.1 Å². The van der Waals surface area contributed by atoms with Gasteiger partial charge in [-0.05, 0) is 22.0 Å². The lowest BCUT2D eigenvalue weighted by Crippen LogP contribution is -2.24. The highest BCUT2D eigenvalue weighted by atomic mass is 79.9. The minimum atomic E-state index is -3.94. The Morgan fingerprint density at radius 1 is 1.24 bits per heavy atom. The molecule has 7 nitrogen and oxygen atoms in total. The smallest absolute Gasteiger partial charge is 0.346 e. The van der Waals surface area contributed by atoms with E-state index >= 15 is 0 Å². The van der Waals surface area contributed by atoms with Crippen molar-refractivity contribution in [3.63, 3.8) is 0 Å². The van der Waals surface area contributed by atoms with E-state index in [-0.39, 0.29) is 25.0 Å². The molecule has 0 spiro atoms. The van der Waals surface area contributed by atoms with E-state index in [4.69, 9.17) is 32.2 Å². The SMILES string of the molecule is O=[N+]([O-])C(Br)C(c1c[nH]c2ccccc12)P(=O)(OCCCl)OCCCl. The molecule has 0 radical (unpaired) electrons. The summed E-state index contributed by atoms with van der Waals surface area (Å²) in [4.78, 5) is 12.5. The molecule has 25 heavy (non-hydrogen) atoms. The average molecular weight is 474 g/mol. The summed E-state index contributed by atoms with van der Waals surface area (Å²) in [6.45, 7) is -0.144. The molecule has 0 amide bonds. The molecular formula is C14H16BrCl2N2O5P. The standard InChI is InChI=1S/C14H16BrCl2N2O5P/c15-14(19(20)21)13(25(22,23-7-5-16)24-8-6-17)11-9-18-12-4-2-1-3-10(11)12/h1-4,9,13-14,18H,5-8H2. The van der Waals surface area contributed by atoms with Gasteiger partial charge < -0.3 is 14.0 Å². The van der Waals surface area contributed by atoms with Gasteiger partial charge in [-0.15, -0.1) is 23.2 Å². The Hall–Kier alpha value is -0.630. The van der Waals surface area contributed by atoms with Gasteiger partial charge in [0.15, 0.2) is 5.66 Å². The lowest BCUT2D eigenvalue weighted by molar-refractivity contribution is -0.493. The number of rotatable bonds is 10. The van der Waals surface area contributed by atoms with E-state index in [9.17, 15) is 14.7 Å². The van der Waals surface area contributed by atoms with Crippen LogP contribution in [0.15, 0.2) is 30.5 Å². The fourth-order valence-corrected chi connectivity index (χ4v) is 6.02. The molecule has 1 heterocycles. The van der Waals surface area contributed by atoms with Crippen LogP contribution >= 0.6 is 46.7 Å². The number of nitrogens with one attached hydrogen (secondary N) is 1. The van der Waals surface area contributed by atoms with Crippen molar-refractivity contribution < 1.29 is 18.5 Å². The third-order valence-corrected chi connectivity index (χ3v) is 7.35. The Morgan fingerprint density at radius 2 is 1.84 bits per heavy atom. The molecular weight excluding hydrogens is 458 g/mol. The number of fused-ring (bicyclic) bond motifs is 1. The zero-order valence-corrected chi connectivity index (χ0v) is 16.9. The van der Waals surface area contributed by atoms with E-state index in [0.29, 0.717) is 10.9 Å². The zero-order valence-electron chi connectivity index (χ0n) is 12.9. The fraction of sp³-hybridized carbons (Fsp3) is 0.429. The third kappa shape index (κ3) is 4.76. The molecule has 11 heteroatoms. The molecule has 138 valence electrons. The Bertz CT molecular complexity index is 763. The number of nitrogens with zero attached hydrogens (tertiary/aromatic N) is 1. The molecule has 0 saturated carbocycles. The lowest BCUT2D eigenvalue weighted by Gasteiger charge is -2.26. The second kappa shape index (κ2) is 9.35. The molecule has 1 aromatic heterocycles. The molecule has 0 bridgehead atoms. The summed E-state index contributed by atoms with van der Waals surface area (Å²) >= 11 is 14.3. The number of halogens is 3. The third-order valence-electron chi connectivity index (χ3n) is 3.44. The summed E-state index contributed by atoms with van der Waals surface area (Å²) < 4.78 is 24.2. The van der Waals surface area contributed by atoms with Gasteiger partial charge in [-0.1, -0.05) is 18.2 Å². The maximum atomic E-state index is 13.4. The van der Waals surface area contributed by atoms with Crippen molar-refractivity contribution >= 4 is 57.6 Å². The minimum Gasteiger partial charge on any atom is -0.361 e. The minimum absolute atomic E-state index is 0.0697. The summed E-state index contributed by atoms with van der Waals surface area (Å²) in [5, 5.41) is 12.1. The van der Waals surface area contributed by atoms with Crippen LogP contribution in [0.2, 0.25) is 0 Å². The molecule has 0 fully saturated rings. The Kier molecular flexibility index (Phi) is 7.73. The Morgan fingerprint density at radius 3 is 2.40 bits per heavy atom. The number of aromatic nitrogens is 1. The van der Waals surface area contributed by atoms with Gasteiger partial charge in [0.1, 0.15) is 0 Å². The van der Waals surface area contributed by atoms with Gasteiger partial charge in [0.25, 0.3) is 4.95 Å². The maximum absolute atomic E-state index is 13.4. The van der Waals surface area contributed by atoms with Crippen LogP contribution in [-0.2, 0) is 13.6 Å². The predicted molar refractivity (Wildman–Crippen MR) is 102 cm³/mol. The number of benzene rings is 1. The monoisotopic (exact) mass is 472 g/mol. The number of alkyl halides is 3. The van der Waals surface area contributed by atoms with Crippen molar-refractivity contribution in [2.24, 2.45) is 0 Å². The molecule has 1 N–H and O–H groups in total. The van der Waals surface area contributed by atoms with Gasteiger partial charge in [-0.2, -0.15) is 0 Å². The van der Waals surface area contributed by atoms with Crippen LogP contribution < -0.4 is 0 Å². The zero-order chi connectivity index (χ0) is 18.4. The molecule has 2 unspecified atom stereocenters. The highest BCUT2D eigenvalue weighted by Gasteiger charge is 2.48. The first-order valence-corrected chi connectivity index (χ1v) is 10.9. The Labute approximate surface area is 162 Å². The van der Waals surface area contributed by atoms with Crippen LogP contribution in [0.5, 0.6) is 0 Å². The highest BCUT2D eigenvalue weighted by Crippen LogP contribution is 2.64. The van der Waals surface area contributed by atoms with E-state index in [1.807, 2.05) is 12.1 Å². The van der Waals surface area contributed by atoms with Crippen LogP contribution in [0.1, 0.15) is 11.2 Å². The van der Waals surface area contributed by atoms with Crippen molar-refractivity contribution in [1.29, 1.82) is 0 Å². The largest absolute Gasteiger partial charge is 0.361 e. The molecule has 0 saturated heterocycles. The number of nitro groups is 1. The normalized spacial score (nSPS) is 14.5. The van der Waals surface area contributed by atoms with Crippen molar-refractivity contribution in [3.05, 3.63) is 46.1 Å². The number of para-hydroxylation sites is 1. The second-order valence-corrected chi connectivity index (χ2v) is 8.82. The first-order valence-electron chi connectivity index (χ1n) is 7.29. The molecule has 2 rings (SSSR count). The number of H-pyrrole nitrogens is 1. The van der Waals surface area contributed by atoms with Gasteiger partial charge in [0.05, 0.1) is 13.2 Å². The molecule has 2 atom stereocenters. The summed E-state index contributed by atoms with van der Waals surface area (Å²) in [5.74, 6) is 0.139.